The lowest BCUT2D eigenvalue weighted by Crippen LogP contribution is -2.44. The van der Waals surface area contributed by atoms with Crippen LogP contribution in [0.15, 0.2) is 40.3 Å². The van der Waals surface area contributed by atoms with Gasteiger partial charge >= 0.3 is 18.1 Å². The average Bonchev–Trinajstić information content (AvgIpc) is 2.38. The van der Waals surface area contributed by atoms with Crippen molar-refractivity contribution in [3.63, 3.8) is 0 Å². The summed E-state index contributed by atoms with van der Waals surface area (Å²) in [7, 11) is 1.44. The maximum atomic E-state index is 11.0. The van der Waals surface area contributed by atoms with E-state index in [0.717, 1.165) is 5.69 Å². The average molecular weight is 262 g/mol. The summed E-state index contributed by atoms with van der Waals surface area (Å²) in [5, 5.41) is 0. The van der Waals surface area contributed by atoms with Crippen molar-refractivity contribution in [2.75, 3.05) is 12.0 Å². The van der Waals surface area contributed by atoms with Crippen LogP contribution in [-0.4, -0.2) is 31.4 Å². The molecular weight excluding hydrogens is 248 g/mol. The SMILES string of the molecule is COC1=NC(C)N(c2ccccc2)C(OC(N)=O)=N1. The van der Waals surface area contributed by atoms with E-state index in [1.165, 1.54) is 7.11 Å². The molecule has 1 aromatic rings. The Morgan fingerprint density at radius 3 is 2.63 bits per heavy atom. The minimum Gasteiger partial charge on any atom is -0.467 e. The Morgan fingerprint density at radius 1 is 1.37 bits per heavy atom. The number of methoxy groups -OCH3 is 1. The van der Waals surface area contributed by atoms with E-state index < -0.39 is 6.09 Å². The van der Waals surface area contributed by atoms with Gasteiger partial charge in [-0.3, -0.25) is 4.90 Å². The van der Waals surface area contributed by atoms with E-state index in [-0.39, 0.29) is 18.2 Å². The third-order valence-electron chi connectivity index (χ3n) is 2.48. The van der Waals surface area contributed by atoms with Gasteiger partial charge in [-0.05, 0) is 19.1 Å². The second kappa shape index (κ2) is 5.38. The highest BCUT2D eigenvalue weighted by Gasteiger charge is 2.28. The molecule has 0 bridgehead atoms. The summed E-state index contributed by atoms with van der Waals surface area (Å²) in [6, 6.07) is 9.48. The number of rotatable bonds is 1. The van der Waals surface area contributed by atoms with Gasteiger partial charge in [0.1, 0.15) is 6.17 Å². The first-order chi connectivity index (χ1) is 9.11. The number of hydrogen-bond donors (Lipinski definition) is 1. The molecule has 1 atom stereocenters. The topological polar surface area (TPSA) is 89.5 Å². The van der Waals surface area contributed by atoms with Gasteiger partial charge in [0.25, 0.3) is 0 Å². The van der Waals surface area contributed by atoms with Gasteiger partial charge in [-0.15, -0.1) is 4.99 Å². The molecule has 2 rings (SSSR count). The third kappa shape index (κ3) is 2.82. The number of aliphatic imine (C=N–C) groups is 2. The van der Waals surface area contributed by atoms with Crippen LogP contribution in [-0.2, 0) is 9.47 Å². The van der Waals surface area contributed by atoms with Gasteiger partial charge in [-0.1, -0.05) is 18.2 Å². The maximum Gasteiger partial charge on any atom is 0.412 e. The Kier molecular flexibility index (Phi) is 3.65. The molecule has 0 saturated heterocycles. The molecule has 1 aromatic carbocycles. The molecule has 0 aliphatic carbocycles. The van der Waals surface area contributed by atoms with Gasteiger partial charge in [0.15, 0.2) is 0 Å². The van der Waals surface area contributed by atoms with Gasteiger partial charge < -0.3 is 15.2 Å². The number of carbonyl (C=O) groups excluding carboxylic acids is 1. The number of anilines is 1. The van der Waals surface area contributed by atoms with E-state index in [0.29, 0.717) is 0 Å². The summed E-state index contributed by atoms with van der Waals surface area (Å²) >= 11 is 0. The summed E-state index contributed by atoms with van der Waals surface area (Å²) in [5.41, 5.74) is 5.83. The minimum absolute atomic E-state index is 0.0399. The van der Waals surface area contributed by atoms with Crippen LogP contribution in [0.1, 0.15) is 6.92 Å². The van der Waals surface area contributed by atoms with Gasteiger partial charge in [-0.2, -0.15) is 0 Å². The summed E-state index contributed by atoms with van der Waals surface area (Å²) in [4.78, 5) is 20.8. The van der Waals surface area contributed by atoms with Crippen LogP contribution in [0.5, 0.6) is 0 Å². The van der Waals surface area contributed by atoms with E-state index in [4.69, 9.17) is 15.2 Å². The zero-order chi connectivity index (χ0) is 13.8. The standard InChI is InChI=1S/C12H14N4O3/c1-8-14-11(18-2)15-12(19-10(13)17)16(8)9-6-4-3-5-7-9/h3-8H,1-2H3,(H2,13,17). The summed E-state index contributed by atoms with van der Waals surface area (Å²) in [6.07, 6.45) is -1.27. The number of nitrogens with two attached hydrogens (primary N) is 1. The fourth-order valence-electron chi connectivity index (χ4n) is 1.72. The number of para-hydroxylation sites is 1. The second-order valence-electron chi connectivity index (χ2n) is 3.77. The Balaban J connectivity index is 2.38. The van der Waals surface area contributed by atoms with Gasteiger partial charge in [0.2, 0.25) is 0 Å². The Morgan fingerprint density at radius 2 is 2.05 bits per heavy atom. The second-order valence-corrected chi connectivity index (χ2v) is 3.77. The fourth-order valence-corrected chi connectivity index (χ4v) is 1.72. The normalized spacial score (nSPS) is 18.4. The molecule has 1 heterocycles. The zero-order valence-corrected chi connectivity index (χ0v) is 10.6. The predicted molar refractivity (Wildman–Crippen MR) is 70.9 cm³/mol. The molecule has 7 heteroatoms. The first-order valence-corrected chi connectivity index (χ1v) is 5.64. The molecule has 0 radical (unpaired) electrons. The summed E-state index contributed by atoms with van der Waals surface area (Å²) in [5.74, 6) is 0. The molecule has 0 aromatic heterocycles. The van der Waals surface area contributed by atoms with Crippen LogP contribution in [0.2, 0.25) is 0 Å². The molecule has 1 amide bonds. The van der Waals surface area contributed by atoms with Crippen LogP contribution in [0, 0.1) is 0 Å². The van der Waals surface area contributed by atoms with Crippen LogP contribution in [0.25, 0.3) is 0 Å². The largest absolute Gasteiger partial charge is 0.467 e. The van der Waals surface area contributed by atoms with E-state index in [2.05, 4.69) is 9.98 Å². The van der Waals surface area contributed by atoms with Gasteiger partial charge in [0, 0.05) is 5.69 Å². The number of amides is 1. The van der Waals surface area contributed by atoms with Crippen molar-refractivity contribution in [1.29, 1.82) is 0 Å². The van der Waals surface area contributed by atoms with Crippen molar-refractivity contribution in [1.82, 2.24) is 0 Å². The van der Waals surface area contributed by atoms with E-state index in [1.807, 2.05) is 37.3 Å². The quantitative estimate of drug-likeness (QED) is 0.826. The first-order valence-electron chi connectivity index (χ1n) is 5.64. The number of benzene rings is 1. The minimum atomic E-state index is -0.941. The number of nitrogens with zero attached hydrogens (tertiary/aromatic N) is 3. The van der Waals surface area contributed by atoms with Crippen molar-refractivity contribution in [2.45, 2.75) is 13.1 Å². The highest BCUT2D eigenvalue weighted by Crippen LogP contribution is 2.21. The number of hydrogen-bond acceptors (Lipinski definition) is 6. The molecule has 1 unspecified atom stereocenters. The molecule has 0 fully saturated rings. The van der Waals surface area contributed by atoms with E-state index >= 15 is 0 Å². The molecule has 0 saturated carbocycles. The Bertz CT molecular complexity index is 527. The number of carbonyl (C=O) groups is 1. The van der Waals surface area contributed by atoms with Crippen molar-refractivity contribution < 1.29 is 14.3 Å². The lowest BCUT2D eigenvalue weighted by molar-refractivity contribution is 0.206. The molecule has 0 spiro atoms. The van der Waals surface area contributed by atoms with Crippen molar-refractivity contribution in [3.8, 4) is 0 Å². The van der Waals surface area contributed by atoms with Crippen LogP contribution in [0.4, 0.5) is 10.5 Å². The van der Waals surface area contributed by atoms with Crippen molar-refractivity contribution in [3.05, 3.63) is 30.3 Å². The molecule has 1 aliphatic heterocycles. The predicted octanol–water partition coefficient (Wildman–Crippen LogP) is 1.31. The molecule has 19 heavy (non-hydrogen) atoms. The molecule has 7 nitrogen and oxygen atoms in total. The number of primary amides is 1. The lowest BCUT2D eigenvalue weighted by atomic mass is 10.3. The van der Waals surface area contributed by atoms with E-state index in [9.17, 15) is 4.79 Å². The Hall–Kier alpha value is -2.57. The zero-order valence-electron chi connectivity index (χ0n) is 10.6. The molecule has 1 aliphatic rings. The number of amidine groups is 2. The van der Waals surface area contributed by atoms with Gasteiger partial charge in [-0.25, -0.2) is 9.79 Å². The smallest absolute Gasteiger partial charge is 0.412 e. The van der Waals surface area contributed by atoms with Crippen LogP contribution in [0.3, 0.4) is 0 Å². The van der Waals surface area contributed by atoms with Crippen LogP contribution < -0.4 is 10.6 Å². The third-order valence-corrected chi connectivity index (χ3v) is 2.48. The van der Waals surface area contributed by atoms with Crippen molar-refractivity contribution >= 4 is 23.8 Å². The lowest BCUT2D eigenvalue weighted by Gasteiger charge is -2.30. The molecular formula is C12H14N4O3. The van der Waals surface area contributed by atoms with E-state index in [1.54, 1.807) is 4.90 Å². The monoisotopic (exact) mass is 262 g/mol. The first kappa shape index (κ1) is 12.9. The molecule has 100 valence electrons. The van der Waals surface area contributed by atoms with Gasteiger partial charge in [0.05, 0.1) is 7.11 Å². The fraction of sp³-hybridized carbons (Fsp3) is 0.250. The maximum absolute atomic E-state index is 11.0. The van der Waals surface area contributed by atoms with Crippen LogP contribution >= 0.6 is 0 Å². The highest BCUT2D eigenvalue weighted by atomic mass is 16.6. The number of ether oxygens (including phenoxy) is 2. The highest BCUT2D eigenvalue weighted by molar-refractivity contribution is 6.04. The van der Waals surface area contributed by atoms with Crippen molar-refractivity contribution in [2.24, 2.45) is 15.7 Å². The molecule has 2 N–H and O–H groups in total. The summed E-state index contributed by atoms with van der Waals surface area (Å²) < 4.78 is 9.88. The Labute approximate surface area is 110 Å². The summed E-state index contributed by atoms with van der Waals surface area (Å²) in [6.45, 7) is 1.82.